The Morgan fingerprint density at radius 3 is 2.62 bits per heavy atom. The highest BCUT2D eigenvalue weighted by atomic mass is 35.5. The van der Waals surface area contributed by atoms with E-state index in [0.29, 0.717) is 15.8 Å². The molecule has 0 fully saturated rings. The predicted molar refractivity (Wildman–Crippen MR) is 109 cm³/mol. The van der Waals surface area contributed by atoms with Crippen molar-refractivity contribution in [3.63, 3.8) is 0 Å². The van der Waals surface area contributed by atoms with E-state index < -0.39 is 0 Å². The minimum Gasteiger partial charge on any atom is -0.229 e. The molecular formula is C19H11Cl2FN2S2. The van der Waals surface area contributed by atoms with E-state index in [9.17, 15) is 4.39 Å². The van der Waals surface area contributed by atoms with Crippen molar-refractivity contribution in [2.75, 3.05) is 0 Å². The number of hydrogen-bond acceptors (Lipinski definition) is 4. The highest BCUT2D eigenvalue weighted by molar-refractivity contribution is 7.98. The second kappa shape index (κ2) is 7.53. The molecule has 0 aliphatic carbocycles. The Morgan fingerprint density at radius 2 is 1.85 bits per heavy atom. The van der Waals surface area contributed by atoms with Crippen molar-refractivity contribution in [2.45, 2.75) is 10.8 Å². The molecule has 0 spiro atoms. The van der Waals surface area contributed by atoms with Gasteiger partial charge >= 0.3 is 0 Å². The lowest BCUT2D eigenvalue weighted by atomic mass is 10.1. The van der Waals surface area contributed by atoms with Crippen LogP contribution in [0.5, 0.6) is 0 Å². The van der Waals surface area contributed by atoms with Crippen LogP contribution in [0.1, 0.15) is 5.56 Å². The van der Waals surface area contributed by atoms with Crippen LogP contribution < -0.4 is 0 Å². The van der Waals surface area contributed by atoms with Crippen molar-refractivity contribution in [3.8, 4) is 11.1 Å². The van der Waals surface area contributed by atoms with Crippen LogP contribution in [-0.2, 0) is 5.75 Å². The van der Waals surface area contributed by atoms with Gasteiger partial charge in [0.2, 0.25) is 0 Å². The fourth-order valence-electron chi connectivity index (χ4n) is 2.58. The molecule has 7 heteroatoms. The van der Waals surface area contributed by atoms with Crippen LogP contribution in [0.15, 0.2) is 59.2 Å². The van der Waals surface area contributed by atoms with E-state index in [0.717, 1.165) is 31.9 Å². The number of halogens is 3. The molecule has 26 heavy (non-hydrogen) atoms. The summed E-state index contributed by atoms with van der Waals surface area (Å²) in [6.45, 7) is 0. The number of benzene rings is 2. The summed E-state index contributed by atoms with van der Waals surface area (Å²) < 4.78 is 13.2. The van der Waals surface area contributed by atoms with Gasteiger partial charge in [0.25, 0.3) is 0 Å². The number of nitrogens with zero attached hydrogens (tertiary/aromatic N) is 2. The van der Waals surface area contributed by atoms with Gasteiger partial charge in [0, 0.05) is 26.7 Å². The van der Waals surface area contributed by atoms with Gasteiger partial charge in [-0.25, -0.2) is 14.4 Å². The molecule has 4 rings (SSSR count). The molecule has 2 aromatic carbocycles. The lowest BCUT2D eigenvalue weighted by Gasteiger charge is -2.07. The normalized spacial score (nSPS) is 11.2. The summed E-state index contributed by atoms with van der Waals surface area (Å²) in [5, 5.41) is 5.15. The van der Waals surface area contributed by atoms with Crippen molar-refractivity contribution < 1.29 is 4.39 Å². The smallest absolute Gasteiger partial charge is 0.128 e. The molecule has 2 aromatic heterocycles. The molecule has 0 radical (unpaired) electrons. The van der Waals surface area contributed by atoms with E-state index in [1.165, 1.54) is 12.1 Å². The molecule has 0 atom stereocenters. The number of fused-ring (bicyclic) bond motifs is 1. The molecule has 0 aliphatic heterocycles. The van der Waals surface area contributed by atoms with E-state index in [1.807, 2.05) is 17.5 Å². The zero-order valence-corrected chi connectivity index (χ0v) is 16.4. The van der Waals surface area contributed by atoms with Gasteiger partial charge in [0.15, 0.2) is 0 Å². The fraction of sp³-hybridized carbons (Fsp3) is 0.0526. The monoisotopic (exact) mass is 420 g/mol. The number of rotatable bonds is 4. The number of aromatic nitrogens is 2. The van der Waals surface area contributed by atoms with Crippen LogP contribution in [0, 0.1) is 5.82 Å². The van der Waals surface area contributed by atoms with Gasteiger partial charge < -0.3 is 0 Å². The molecule has 0 saturated heterocycles. The molecule has 0 amide bonds. The second-order valence-electron chi connectivity index (χ2n) is 5.54. The molecule has 4 aromatic rings. The van der Waals surface area contributed by atoms with Gasteiger partial charge in [-0.15, -0.1) is 23.1 Å². The van der Waals surface area contributed by atoms with E-state index in [-0.39, 0.29) is 5.82 Å². The Balaban J connectivity index is 1.71. The van der Waals surface area contributed by atoms with Crippen LogP contribution in [0.3, 0.4) is 0 Å². The molecule has 2 heterocycles. The Bertz CT molecular complexity index is 1080. The Morgan fingerprint density at radius 1 is 1.04 bits per heavy atom. The minimum atomic E-state index is -0.253. The van der Waals surface area contributed by atoms with Crippen molar-refractivity contribution in [1.82, 2.24) is 9.97 Å². The number of thiophene rings is 1. The maximum atomic E-state index is 13.2. The average molecular weight is 421 g/mol. The molecule has 0 aliphatic rings. The van der Waals surface area contributed by atoms with Crippen molar-refractivity contribution in [1.29, 1.82) is 0 Å². The first-order valence-electron chi connectivity index (χ1n) is 7.66. The van der Waals surface area contributed by atoms with E-state index in [4.69, 9.17) is 23.2 Å². The zero-order chi connectivity index (χ0) is 18.1. The lowest BCUT2D eigenvalue weighted by Crippen LogP contribution is -1.88. The molecule has 0 N–H and O–H groups in total. The summed E-state index contributed by atoms with van der Waals surface area (Å²) >= 11 is 15.4. The Kier molecular flexibility index (Phi) is 5.14. The molecule has 0 unspecified atom stereocenters. The summed E-state index contributed by atoms with van der Waals surface area (Å²) in [6, 6.07) is 12.0. The highest BCUT2D eigenvalue weighted by Crippen LogP contribution is 2.39. The minimum absolute atomic E-state index is 0.253. The van der Waals surface area contributed by atoms with Gasteiger partial charge in [-0.1, -0.05) is 41.4 Å². The lowest BCUT2D eigenvalue weighted by molar-refractivity contribution is 0.628. The van der Waals surface area contributed by atoms with Crippen LogP contribution in [-0.4, -0.2) is 9.97 Å². The van der Waals surface area contributed by atoms with Gasteiger partial charge in [-0.3, -0.25) is 0 Å². The van der Waals surface area contributed by atoms with Crippen LogP contribution in [0.25, 0.3) is 21.3 Å². The quantitative estimate of drug-likeness (QED) is 0.260. The zero-order valence-electron chi connectivity index (χ0n) is 13.2. The highest BCUT2D eigenvalue weighted by Gasteiger charge is 2.14. The fourth-order valence-corrected chi connectivity index (χ4v) is 5.14. The first-order chi connectivity index (χ1) is 12.6. The van der Waals surface area contributed by atoms with Crippen LogP contribution in [0.2, 0.25) is 10.0 Å². The summed E-state index contributed by atoms with van der Waals surface area (Å²) in [4.78, 5) is 9.73. The summed E-state index contributed by atoms with van der Waals surface area (Å²) in [6.07, 6.45) is 1.57. The number of thioether (sulfide) groups is 1. The van der Waals surface area contributed by atoms with Crippen LogP contribution >= 0.6 is 46.3 Å². The largest absolute Gasteiger partial charge is 0.229 e. The van der Waals surface area contributed by atoms with Gasteiger partial charge in [-0.2, -0.15) is 0 Å². The Labute approximate surface area is 168 Å². The predicted octanol–water partition coefficient (Wildman–Crippen LogP) is 7.10. The van der Waals surface area contributed by atoms with Gasteiger partial charge in [0.1, 0.15) is 22.0 Å². The third kappa shape index (κ3) is 3.58. The third-order valence-electron chi connectivity index (χ3n) is 3.87. The first-order valence-corrected chi connectivity index (χ1v) is 10.3. The molecular weight excluding hydrogens is 410 g/mol. The second-order valence-corrected chi connectivity index (χ2v) is 8.21. The van der Waals surface area contributed by atoms with Gasteiger partial charge in [-0.05, 0) is 35.4 Å². The standard InChI is InChI=1S/C19H11Cl2FN2S2/c20-13-4-1-12(16(21)7-13)8-25-18-17-15(9-26-19(17)24-10-23-18)11-2-5-14(22)6-3-11/h1-7,9-10H,8H2. The topological polar surface area (TPSA) is 25.8 Å². The van der Waals surface area contributed by atoms with Crippen LogP contribution in [0.4, 0.5) is 4.39 Å². The van der Waals surface area contributed by atoms with E-state index in [1.54, 1.807) is 47.6 Å². The SMILES string of the molecule is Fc1ccc(-c2csc3ncnc(SCc4ccc(Cl)cc4Cl)c23)cc1. The first kappa shape index (κ1) is 17.7. The van der Waals surface area contributed by atoms with Crippen molar-refractivity contribution in [2.24, 2.45) is 0 Å². The Hall–Kier alpha value is -1.66. The molecule has 0 saturated carbocycles. The van der Waals surface area contributed by atoms with E-state index >= 15 is 0 Å². The summed E-state index contributed by atoms with van der Waals surface area (Å²) in [5.74, 6) is 0.414. The van der Waals surface area contributed by atoms with Gasteiger partial charge in [0.05, 0.1) is 5.39 Å². The average Bonchev–Trinajstić information content (AvgIpc) is 3.06. The van der Waals surface area contributed by atoms with Crippen molar-refractivity contribution >= 4 is 56.5 Å². The van der Waals surface area contributed by atoms with E-state index in [2.05, 4.69) is 9.97 Å². The maximum absolute atomic E-state index is 13.2. The molecule has 0 bridgehead atoms. The van der Waals surface area contributed by atoms with Crippen molar-refractivity contribution in [3.05, 3.63) is 75.6 Å². The molecule has 2 nitrogen and oxygen atoms in total. The molecule has 130 valence electrons. The summed E-state index contributed by atoms with van der Waals surface area (Å²) in [5.41, 5.74) is 2.94. The maximum Gasteiger partial charge on any atom is 0.128 e. The third-order valence-corrected chi connectivity index (χ3v) is 6.38. The number of hydrogen-bond donors (Lipinski definition) is 0. The summed E-state index contributed by atoms with van der Waals surface area (Å²) in [7, 11) is 0.